The zero-order valence-corrected chi connectivity index (χ0v) is 7.81. The van der Waals surface area contributed by atoms with Crippen LogP contribution in [0.2, 0.25) is 0 Å². The third-order valence-corrected chi connectivity index (χ3v) is 2.97. The Morgan fingerprint density at radius 2 is 1.91 bits per heavy atom. The van der Waals surface area contributed by atoms with E-state index in [4.69, 9.17) is 4.74 Å². The third kappa shape index (κ3) is 1.44. The summed E-state index contributed by atoms with van der Waals surface area (Å²) in [5, 5.41) is 0. The predicted octanol–water partition coefficient (Wildman–Crippen LogP) is 2.60. The van der Waals surface area contributed by atoms with Gasteiger partial charge in [0, 0.05) is 0 Å². The van der Waals surface area contributed by atoms with Crippen LogP contribution in [-0.2, 0) is 4.74 Å². The van der Waals surface area contributed by atoms with Crippen LogP contribution in [0.15, 0.2) is 0 Å². The van der Waals surface area contributed by atoms with Crippen molar-refractivity contribution >= 4 is 0 Å². The number of ether oxygens (including phenoxy) is 1. The van der Waals surface area contributed by atoms with Gasteiger partial charge in [0.05, 0.1) is 12.2 Å². The first kappa shape index (κ1) is 7.60. The minimum Gasteiger partial charge on any atom is -0.370 e. The molecule has 0 aromatic carbocycles. The fourth-order valence-electron chi connectivity index (χ4n) is 2.99. The van der Waals surface area contributed by atoms with Crippen molar-refractivity contribution in [3.8, 4) is 0 Å². The molecule has 1 saturated carbocycles. The summed E-state index contributed by atoms with van der Waals surface area (Å²) >= 11 is 0. The molecule has 1 aliphatic carbocycles. The average molecular weight is 154 g/mol. The van der Waals surface area contributed by atoms with Gasteiger partial charge in [-0.25, -0.2) is 0 Å². The first-order chi connectivity index (χ1) is 5.02. The molecular formula is C10H18O. The van der Waals surface area contributed by atoms with E-state index in [2.05, 4.69) is 20.8 Å². The summed E-state index contributed by atoms with van der Waals surface area (Å²) < 4.78 is 5.54. The topological polar surface area (TPSA) is 12.5 Å². The molecule has 2 rings (SSSR count). The Morgan fingerprint density at radius 1 is 1.27 bits per heavy atom. The molecule has 2 aliphatic rings. The van der Waals surface area contributed by atoms with Crippen molar-refractivity contribution in [2.75, 3.05) is 6.61 Å². The van der Waals surface area contributed by atoms with Crippen molar-refractivity contribution in [1.29, 1.82) is 0 Å². The number of epoxide rings is 1. The van der Waals surface area contributed by atoms with E-state index in [1.807, 2.05) is 0 Å². The lowest BCUT2D eigenvalue weighted by Gasteiger charge is -2.37. The van der Waals surface area contributed by atoms with Crippen LogP contribution < -0.4 is 0 Å². The number of rotatable bonds is 0. The summed E-state index contributed by atoms with van der Waals surface area (Å²) in [6.45, 7) is 8.11. The minimum atomic E-state index is 0.334. The quantitative estimate of drug-likeness (QED) is 0.489. The van der Waals surface area contributed by atoms with Gasteiger partial charge in [-0.05, 0) is 30.6 Å². The second kappa shape index (κ2) is 2.01. The molecule has 1 nitrogen and oxygen atoms in total. The maximum atomic E-state index is 5.54. The van der Waals surface area contributed by atoms with Gasteiger partial charge in [-0.15, -0.1) is 0 Å². The van der Waals surface area contributed by atoms with Crippen LogP contribution in [0.3, 0.4) is 0 Å². The first-order valence-electron chi connectivity index (χ1n) is 4.65. The Morgan fingerprint density at radius 3 is 2.36 bits per heavy atom. The number of hydrogen-bond acceptors (Lipinski definition) is 1. The van der Waals surface area contributed by atoms with Gasteiger partial charge in [-0.1, -0.05) is 20.8 Å². The smallest absolute Gasteiger partial charge is 0.0924 e. The Hall–Kier alpha value is -0.0400. The van der Waals surface area contributed by atoms with E-state index < -0.39 is 0 Å². The highest BCUT2D eigenvalue weighted by molar-refractivity contribution is 5.01. The van der Waals surface area contributed by atoms with E-state index in [-0.39, 0.29) is 0 Å². The van der Waals surface area contributed by atoms with E-state index in [1.54, 1.807) is 0 Å². The summed E-state index contributed by atoms with van der Waals surface area (Å²) in [5.41, 5.74) is 0.856. The fraction of sp³-hybridized carbons (Fsp3) is 1.00. The normalized spacial score (nSPS) is 47.7. The maximum Gasteiger partial charge on any atom is 0.0924 e. The van der Waals surface area contributed by atoms with Gasteiger partial charge in [0.25, 0.3) is 0 Å². The SMILES string of the molecule is CC1CC(C)(C)CC2(CO2)C1. The number of hydrogen-bond donors (Lipinski definition) is 0. The molecule has 0 radical (unpaired) electrons. The Kier molecular flexibility index (Phi) is 1.39. The molecule has 1 heteroatoms. The van der Waals surface area contributed by atoms with Crippen LogP contribution in [0.25, 0.3) is 0 Å². The van der Waals surface area contributed by atoms with E-state index in [1.165, 1.54) is 19.3 Å². The fourth-order valence-corrected chi connectivity index (χ4v) is 2.99. The molecule has 2 fully saturated rings. The lowest BCUT2D eigenvalue weighted by molar-refractivity contribution is 0.0974. The van der Waals surface area contributed by atoms with E-state index in [9.17, 15) is 0 Å². The Balaban J connectivity index is 2.09. The maximum absolute atomic E-state index is 5.54. The Labute approximate surface area is 69.1 Å². The standard InChI is InChI=1S/C10H18O/c1-8-4-9(2,3)6-10(5-8)7-11-10/h8H,4-7H2,1-3H3. The molecule has 0 aromatic heterocycles. The largest absolute Gasteiger partial charge is 0.370 e. The monoisotopic (exact) mass is 154 g/mol. The summed E-state index contributed by atoms with van der Waals surface area (Å²) in [6.07, 6.45) is 3.96. The van der Waals surface area contributed by atoms with E-state index in [0.29, 0.717) is 11.0 Å². The third-order valence-electron chi connectivity index (χ3n) is 2.97. The van der Waals surface area contributed by atoms with Crippen molar-refractivity contribution in [3.63, 3.8) is 0 Å². The van der Waals surface area contributed by atoms with Crippen molar-refractivity contribution in [2.24, 2.45) is 11.3 Å². The van der Waals surface area contributed by atoms with Crippen LogP contribution in [0.5, 0.6) is 0 Å². The average Bonchev–Trinajstić information content (AvgIpc) is 2.41. The van der Waals surface area contributed by atoms with Gasteiger partial charge in [0.2, 0.25) is 0 Å². The van der Waals surface area contributed by atoms with Crippen LogP contribution >= 0.6 is 0 Å². The van der Waals surface area contributed by atoms with Gasteiger partial charge >= 0.3 is 0 Å². The van der Waals surface area contributed by atoms with Crippen molar-refractivity contribution < 1.29 is 4.74 Å². The van der Waals surface area contributed by atoms with Crippen molar-refractivity contribution in [1.82, 2.24) is 0 Å². The van der Waals surface area contributed by atoms with Gasteiger partial charge in [-0.3, -0.25) is 0 Å². The molecule has 11 heavy (non-hydrogen) atoms. The highest BCUT2D eigenvalue weighted by atomic mass is 16.6. The van der Waals surface area contributed by atoms with Crippen LogP contribution in [0.1, 0.15) is 40.0 Å². The van der Waals surface area contributed by atoms with Crippen molar-refractivity contribution in [3.05, 3.63) is 0 Å². The van der Waals surface area contributed by atoms with E-state index >= 15 is 0 Å². The molecule has 1 aliphatic heterocycles. The molecule has 1 heterocycles. The lowest BCUT2D eigenvalue weighted by atomic mass is 9.68. The molecule has 1 saturated heterocycles. The summed E-state index contributed by atoms with van der Waals surface area (Å²) in [5.74, 6) is 0.862. The van der Waals surface area contributed by atoms with Gasteiger partial charge in [0.15, 0.2) is 0 Å². The van der Waals surface area contributed by atoms with Gasteiger partial charge < -0.3 is 4.74 Å². The molecule has 0 N–H and O–H groups in total. The van der Waals surface area contributed by atoms with Crippen LogP contribution in [-0.4, -0.2) is 12.2 Å². The molecule has 0 bridgehead atoms. The molecule has 0 aromatic rings. The van der Waals surface area contributed by atoms with Gasteiger partial charge in [-0.2, -0.15) is 0 Å². The molecule has 1 spiro atoms. The highest BCUT2D eigenvalue weighted by Gasteiger charge is 2.52. The molecule has 2 atom stereocenters. The lowest BCUT2D eigenvalue weighted by Crippen LogP contribution is -2.33. The van der Waals surface area contributed by atoms with Crippen LogP contribution in [0.4, 0.5) is 0 Å². The summed E-state index contributed by atoms with van der Waals surface area (Å²) in [7, 11) is 0. The predicted molar refractivity (Wildman–Crippen MR) is 45.5 cm³/mol. The minimum absolute atomic E-state index is 0.334. The first-order valence-corrected chi connectivity index (χ1v) is 4.65. The summed E-state index contributed by atoms with van der Waals surface area (Å²) in [4.78, 5) is 0. The van der Waals surface area contributed by atoms with Gasteiger partial charge in [0.1, 0.15) is 0 Å². The molecule has 0 amide bonds. The highest BCUT2D eigenvalue weighted by Crippen LogP contribution is 2.51. The summed E-state index contributed by atoms with van der Waals surface area (Å²) in [6, 6.07) is 0. The van der Waals surface area contributed by atoms with E-state index in [0.717, 1.165) is 12.5 Å². The molecular weight excluding hydrogens is 136 g/mol. The second-order valence-corrected chi connectivity index (χ2v) is 5.33. The van der Waals surface area contributed by atoms with Crippen LogP contribution in [0, 0.1) is 11.3 Å². The zero-order valence-electron chi connectivity index (χ0n) is 7.81. The van der Waals surface area contributed by atoms with Crippen molar-refractivity contribution in [2.45, 2.75) is 45.6 Å². The molecule has 2 unspecified atom stereocenters. The second-order valence-electron chi connectivity index (χ2n) is 5.33. The molecule has 64 valence electrons. The Bertz CT molecular complexity index is 162. The zero-order chi connectivity index (χ0) is 8.11.